The van der Waals surface area contributed by atoms with Gasteiger partial charge in [0.1, 0.15) is 12.2 Å². The van der Waals surface area contributed by atoms with Gasteiger partial charge in [-0.05, 0) is 106 Å². The second-order valence-electron chi connectivity index (χ2n) is 19.1. The number of aliphatic hydroxyl groups is 4. The fourth-order valence-electron chi connectivity index (χ4n) is 6.44. The molecule has 3 aliphatic heterocycles. The number of aliphatic hydroxyl groups excluding tert-OH is 2. The van der Waals surface area contributed by atoms with Crippen LogP contribution < -0.4 is 5.32 Å². The lowest BCUT2D eigenvalue weighted by Gasteiger charge is -2.54. The molecule has 0 bridgehead atoms. The molecule has 4 unspecified atom stereocenters. The van der Waals surface area contributed by atoms with Gasteiger partial charge in [0.2, 0.25) is 0 Å². The van der Waals surface area contributed by atoms with Crippen molar-refractivity contribution >= 4 is 0 Å². The normalized spacial score (nSPS) is 22.6. The van der Waals surface area contributed by atoms with Gasteiger partial charge in [-0.15, -0.1) is 0 Å². The zero-order chi connectivity index (χ0) is 47.0. The molecule has 3 heterocycles. The van der Waals surface area contributed by atoms with Crippen LogP contribution in [0.2, 0.25) is 0 Å². The van der Waals surface area contributed by atoms with Gasteiger partial charge in [0, 0.05) is 12.0 Å². The highest BCUT2D eigenvalue weighted by atomic mass is 19.4. The van der Waals surface area contributed by atoms with E-state index in [1.807, 2.05) is 13.8 Å². The first-order valence-corrected chi connectivity index (χ1v) is 20.5. The molecule has 5 N–H and O–H groups in total. The van der Waals surface area contributed by atoms with Crippen molar-refractivity contribution in [3.05, 3.63) is 0 Å². The maximum absolute atomic E-state index is 11.9. The zero-order valence-electron chi connectivity index (χ0n) is 39.0. The van der Waals surface area contributed by atoms with E-state index in [9.17, 15) is 35.1 Å². The summed E-state index contributed by atoms with van der Waals surface area (Å²) in [5.41, 5.74) is -1.47. The Bertz CT molecular complexity index is 1090. The molecular weight excluding hydrogens is 766 g/mol. The van der Waals surface area contributed by atoms with Gasteiger partial charge in [-0.25, -0.2) is 8.78 Å². The van der Waals surface area contributed by atoms with Crippen molar-refractivity contribution < 1.29 is 67.8 Å². The van der Waals surface area contributed by atoms with E-state index in [0.29, 0.717) is 11.0 Å². The predicted octanol–water partition coefficient (Wildman–Crippen LogP) is 10.1. The molecule has 1 saturated carbocycles. The van der Waals surface area contributed by atoms with Crippen LogP contribution in [0.15, 0.2) is 0 Å². The first kappa shape index (κ1) is 54.2. The Morgan fingerprint density at radius 3 is 1.32 bits per heavy atom. The SMILES string of the molecule is CC(C)C1CC2(COC2)C1.CC(C)C1CNC2(COC2)C1.CC(C)CC(C)(O)C(F)(F)F.CC(C)CC(O)C(F)(F)F.CC(C)CC(O)C(F)F.[2H]C([2H])(O)CC(C)C. The minimum Gasteiger partial charge on any atom is -0.396 e. The fraction of sp³-hybridized carbons (Fsp3) is 1.00. The van der Waals surface area contributed by atoms with Crippen molar-refractivity contribution in [1.29, 1.82) is 0 Å². The highest BCUT2D eigenvalue weighted by Crippen LogP contribution is 2.53. The maximum Gasteiger partial charge on any atom is 0.416 e. The van der Waals surface area contributed by atoms with Crippen LogP contribution in [0.3, 0.4) is 0 Å². The van der Waals surface area contributed by atoms with Crippen LogP contribution in [0.1, 0.15) is 138 Å². The predicted molar refractivity (Wildman–Crippen MR) is 211 cm³/mol. The molecule has 4 fully saturated rings. The van der Waals surface area contributed by atoms with Crippen LogP contribution in [0.25, 0.3) is 0 Å². The largest absolute Gasteiger partial charge is 0.416 e. The summed E-state index contributed by atoms with van der Waals surface area (Å²) in [5.74, 6) is 3.66. The Morgan fingerprint density at radius 1 is 0.702 bits per heavy atom. The molecule has 0 aromatic carbocycles. The Morgan fingerprint density at radius 2 is 1.16 bits per heavy atom. The molecule has 4 atom stereocenters. The summed E-state index contributed by atoms with van der Waals surface area (Å²) >= 11 is 0. The van der Waals surface area contributed by atoms with Crippen LogP contribution >= 0.6 is 0 Å². The molecule has 4 aliphatic rings. The Balaban J connectivity index is 0. The van der Waals surface area contributed by atoms with Crippen molar-refractivity contribution in [1.82, 2.24) is 5.32 Å². The number of ether oxygens (including phenoxy) is 2. The Hall–Kier alpha value is -0.840. The molecule has 0 amide bonds. The lowest BCUT2D eigenvalue weighted by atomic mass is 9.58. The summed E-state index contributed by atoms with van der Waals surface area (Å²) in [7, 11) is 0. The van der Waals surface area contributed by atoms with E-state index < -0.39 is 43.1 Å². The summed E-state index contributed by atoms with van der Waals surface area (Å²) in [6, 6.07) is 0. The van der Waals surface area contributed by atoms with Gasteiger partial charge in [-0.2, -0.15) is 26.3 Å². The number of alkyl halides is 8. The van der Waals surface area contributed by atoms with Gasteiger partial charge in [0.05, 0.1) is 34.7 Å². The van der Waals surface area contributed by atoms with E-state index in [-0.39, 0.29) is 49.4 Å². The van der Waals surface area contributed by atoms with Gasteiger partial charge < -0.3 is 35.2 Å². The third kappa shape index (κ3) is 24.9. The molecular formula is C42H81F8NO6. The molecule has 15 heteroatoms. The zero-order valence-corrected chi connectivity index (χ0v) is 37.0. The highest BCUT2D eigenvalue weighted by molar-refractivity contribution is 5.02. The van der Waals surface area contributed by atoms with Gasteiger partial charge in [0.25, 0.3) is 6.43 Å². The van der Waals surface area contributed by atoms with Crippen LogP contribution in [-0.4, -0.2) is 102 Å². The van der Waals surface area contributed by atoms with E-state index in [4.69, 9.17) is 32.6 Å². The molecule has 0 aromatic rings. The molecule has 346 valence electrons. The number of hydrogen-bond donors (Lipinski definition) is 5. The highest BCUT2D eigenvalue weighted by Gasteiger charge is 2.51. The molecule has 0 radical (unpaired) electrons. The van der Waals surface area contributed by atoms with E-state index in [2.05, 4.69) is 33.0 Å². The van der Waals surface area contributed by atoms with Crippen LogP contribution in [0.4, 0.5) is 35.1 Å². The van der Waals surface area contributed by atoms with Gasteiger partial charge in [-0.3, -0.25) is 0 Å². The third-order valence-corrected chi connectivity index (χ3v) is 10.2. The van der Waals surface area contributed by atoms with Crippen LogP contribution in [0, 0.1) is 52.8 Å². The van der Waals surface area contributed by atoms with Gasteiger partial charge >= 0.3 is 12.4 Å². The van der Waals surface area contributed by atoms with Crippen molar-refractivity contribution in [2.45, 2.75) is 177 Å². The first-order valence-electron chi connectivity index (χ1n) is 21.5. The van der Waals surface area contributed by atoms with Crippen molar-refractivity contribution in [2.75, 3.05) is 39.5 Å². The minimum atomic E-state index is -4.52. The number of nitrogens with one attached hydrogen (secondary N) is 1. The van der Waals surface area contributed by atoms with Gasteiger partial charge in [0.15, 0.2) is 5.60 Å². The summed E-state index contributed by atoms with van der Waals surface area (Å²) < 4.78 is 117. The second kappa shape index (κ2) is 26.5. The van der Waals surface area contributed by atoms with Crippen molar-refractivity contribution in [3.8, 4) is 0 Å². The van der Waals surface area contributed by atoms with Crippen molar-refractivity contribution in [2.24, 2.45) is 52.8 Å². The molecule has 57 heavy (non-hydrogen) atoms. The smallest absolute Gasteiger partial charge is 0.396 e. The standard InChI is InChI=1S/C9H17NO.C9H16O.C7H13F3O.C6H11F3O.C6H12F2O.C5H12O/c1-7(2)8-3-9(10-4-8)5-11-6-9;1-7(2)8-3-9(4-8)5-10-6-9;1-5(2)4-6(3,11)7(8,9)10;1-4(2)3-5(10)6(7,8)9;1-4(2)3-5(9)6(7)8;1-5(2)3-4-6/h7-8,10H,3-6H2,1-2H3;7-8H,3-6H2,1-2H3;5,11H,4H2,1-3H3;4-5,10H,3H2,1-2H3;4-6,9H,3H2,1-2H3;5-6H,3-4H2,1-2H3/i;;;;;4D2. The molecule has 0 aromatic heterocycles. The summed E-state index contributed by atoms with van der Waals surface area (Å²) in [6.07, 6.45) is -11.0. The molecule has 7 nitrogen and oxygen atoms in total. The maximum atomic E-state index is 11.9. The summed E-state index contributed by atoms with van der Waals surface area (Å²) in [6.45, 7) is 27.2. The molecule has 4 rings (SSSR count). The summed E-state index contributed by atoms with van der Waals surface area (Å²) in [5, 5.41) is 38.0. The number of halogens is 8. The first-order chi connectivity index (χ1) is 26.4. The minimum absolute atomic E-state index is 0.128. The van der Waals surface area contributed by atoms with E-state index >= 15 is 0 Å². The average Bonchev–Trinajstić information content (AvgIpc) is 3.41. The summed E-state index contributed by atoms with van der Waals surface area (Å²) in [4.78, 5) is 0. The van der Waals surface area contributed by atoms with Gasteiger partial charge in [-0.1, -0.05) is 83.1 Å². The molecule has 3 saturated heterocycles. The van der Waals surface area contributed by atoms with Crippen LogP contribution in [0.5, 0.6) is 0 Å². The third-order valence-electron chi connectivity index (χ3n) is 10.2. The molecule has 2 spiro atoms. The Kier molecular flexibility index (Phi) is 25.2. The van der Waals surface area contributed by atoms with E-state index in [1.54, 1.807) is 41.5 Å². The average molecular weight is 850 g/mol. The lowest BCUT2D eigenvalue weighted by Crippen LogP contribution is -2.56. The topological polar surface area (TPSA) is 111 Å². The quantitative estimate of drug-likeness (QED) is 0.132. The van der Waals surface area contributed by atoms with E-state index in [0.717, 1.165) is 57.0 Å². The van der Waals surface area contributed by atoms with Crippen LogP contribution in [-0.2, 0) is 9.47 Å². The van der Waals surface area contributed by atoms with E-state index in [1.165, 1.54) is 25.8 Å². The van der Waals surface area contributed by atoms with Crippen molar-refractivity contribution in [3.63, 3.8) is 0 Å². The molecule has 1 aliphatic carbocycles. The Labute approximate surface area is 342 Å². The lowest BCUT2D eigenvalue weighted by molar-refractivity contribution is -0.257. The second-order valence-corrected chi connectivity index (χ2v) is 19.1. The number of hydrogen-bond acceptors (Lipinski definition) is 7. The fourth-order valence-corrected chi connectivity index (χ4v) is 6.44. The monoisotopic (exact) mass is 850 g/mol. The number of rotatable bonds is 11.